The first-order valence-electron chi connectivity index (χ1n) is 8.77. The van der Waals surface area contributed by atoms with Gasteiger partial charge in [0.05, 0.1) is 15.4 Å². The van der Waals surface area contributed by atoms with Gasteiger partial charge in [-0.3, -0.25) is 0 Å². The molecule has 3 aromatic rings. The van der Waals surface area contributed by atoms with Gasteiger partial charge in [-0.2, -0.15) is 0 Å². The summed E-state index contributed by atoms with van der Waals surface area (Å²) in [5.41, 5.74) is 8.35. The number of hydrogen-bond acceptors (Lipinski definition) is 4. The minimum atomic E-state index is 0.0813. The molecule has 7 heteroatoms. The normalized spacial score (nSPS) is 17.0. The quantitative estimate of drug-likeness (QED) is 0.705. The molecule has 3 N–H and O–H groups in total. The Morgan fingerprint density at radius 3 is 2.65 bits per heavy atom. The van der Waals surface area contributed by atoms with Crippen LogP contribution < -0.4 is 10.6 Å². The molecule has 1 fully saturated rings. The Kier molecular flexibility index (Phi) is 4.78. The van der Waals surface area contributed by atoms with Crippen molar-refractivity contribution >= 4 is 40.1 Å². The number of anilines is 1. The highest BCUT2D eigenvalue weighted by Gasteiger charge is 2.34. The molecular formula is C19H21Cl2N5. The maximum absolute atomic E-state index is 6.20. The van der Waals surface area contributed by atoms with Gasteiger partial charge in [0, 0.05) is 19.3 Å². The second-order valence-electron chi connectivity index (χ2n) is 7.05. The maximum atomic E-state index is 6.20. The number of aromatic amines is 1. The van der Waals surface area contributed by atoms with Crippen LogP contribution in [0.2, 0.25) is 10.0 Å². The van der Waals surface area contributed by atoms with E-state index in [0.29, 0.717) is 16.6 Å². The molecule has 136 valence electrons. The lowest BCUT2D eigenvalue weighted by Gasteiger charge is -2.42. The maximum Gasteiger partial charge on any atom is 0.142 e. The molecule has 0 unspecified atom stereocenters. The minimum absolute atomic E-state index is 0.0813. The molecule has 0 saturated carbocycles. The number of halogens is 2. The molecule has 4 rings (SSSR count). The highest BCUT2D eigenvalue weighted by atomic mass is 35.5. The van der Waals surface area contributed by atoms with E-state index in [9.17, 15) is 0 Å². The SMILES string of the molecule is NCC1(Cc2ccc(Cl)c(Cl)c2)CCN(c2ncnc3[nH]ccc23)CC1. The summed E-state index contributed by atoms with van der Waals surface area (Å²) in [5.74, 6) is 0.997. The van der Waals surface area contributed by atoms with Crippen molar-refractivity contribution in [2.45, 2.75) is 19.3 Å². The molecule has 2 aromatic heterocycles. The van der Waals surface area contributed by atoms with Crippen molar-refractivity contribution in [3.63, 3.8) is 0 Å². The zero-order valence-corrected chi connectivity index (χ0v) is 15.9. The lowest BCUT2D eigenvalue weighted by molar-refractivity contribution is 0.226. The molecule has 0 aliphatic carbocycles. The molecule has 1 aliphatic heterocycles. The first-order valence-corrected chi connectivity index (χ1v) is 9.53. The molecular weight excluding hydrogens is 369 g/mol. The molecule has 0 spiro atoms. The van der Waals surface area contributed by atoms with E-state index in [-0.39, 0.29) is 5.41 Å². The zero-order chi connectivity index (χ0) is 18.1. The number of nitrogens with two attached hydrogens (primary N) is 1. The van der Waals surface area contributed by atoms with Crippen LogP contribution in [0.3, 0.4) is 0 Å². The van der Waals surface area contributed by atoms with Crippen molar-refractivity contribution < 1.29 is 0 Å². The fourth-order valence-corrected chi connectivity index (χ4v) is 4.16. The molecule has 3 heterocycles. The summed E-state index contributed by atoms with van der Waals surface area (Å²) in [7, 11) is 0. The van der Waals surface area contributed by atoms with E-state index in [4.69, 9.17) is 28.9 Å². The van der Waals surface area contributed by atoms with Gasteiger partial charge in [0.15, 0.2) is 0 Å². The Bertz CT molecular complexity index is 915. The van der Waals surface area contributed by atoms with Crippen LogP contribution in [0, 0.1) is 5.41 Å². The summed E-state index contributed by atoms with van der Waals surface area (Å²) in [5, 5.41) is 2.26. The average Bonchev–Trinajstić information content (AvgIpc) is 3.14. The van der Waals surface area contributed by atoms with Crippen LogP contribution in [0.25, 0.3) is 11.0 Å². The summed E-state index contributed by atoms with van der Waals surface area (Å²) in [6.45, 7) is 2.51. The Labute approximate surface area is 162 Å². The third-order valence-corrected chi connectivity index (χ3v) is 6.19. The first kappa shape index (κ1) is 17.6. The first-order chi connectivity index (χ1) is 12.6. The number of piperidine rings is 1. The van der Waals surface area contributed by atoms with Gasteiger partial charge < -0.3 is 15.6 Å². The molecule has 1 aromatic carbocycles. The lowest BCUT2D eigenvalue weighted by Crippen LogP contribution is -2.45. The highest BCUT2D eigenvalue weighted by molar-refractivity contribution is 6.42. The van der Waals surface area contributed by atoms with Gasteiger partial charge in [0.1, 0.15) is 17.8 Å². The average molecular weight is 390 g/mol. The molecule has 1 aliphatic rings. The van der Waals surface area contributed by atoms with Gasteiger partial charge in [-0.25, -0.2) is 9.97 Å². The number of H-pyrrole nitrogens is 1. The molecule has 0 amide bonds. The van der Waals surface area contributed by atoms with Crippen LogP contribution in [-0.2, 0) is 6.42 Å². The number of nitrogens with zero attached hydrogens (tertiary/aromatic N) is 3. The largest absolute Gasteiger partial charge is 0.356 e. The van der Waals surface area contributed by atoms with E-state index >= 15 is 0 Å². The van der Waals surface area contributed by atoms with E-state index in [2.05, 4.69) is 19.9 Å². The molecule has 5 nitrogen and oxygen atoms in total. The Morgan fingerprint density at radius 2 is 1.92 bits per heavy atom. The molecule has 0 bridgehead atoms. The molecule has 26 heavy (non-hydrogen) atoms. The van der Waals surface area contributed by atoms with Crippen LogP contribution >= 0.6 is 23.2 Å². The van der Waals surface area contributed by atoms with Crippen LogP contribution in [0.4, 0.5) is 5.82 Å². The monoisotopic (exact) mass is 389 g/mol. The number of hydrogen-bond donors (Lipinski definition) is 2. The Morgan fingerprint density at radius 1 is 1.12 bits per heavy atom. The van der Waals surface area contributed by atoms with Crippen LogP contribution in [0.15, 0.2) is 36.8 Å². The van der Waals surface area contributed by atoms with Gasteiger partial charge in [0.25, 0.3) is 0 Å². The fourth-order valence-electron chi connectivity index (χ4n) is 3.84. The van der Waals surface area contributed by atoms with Crippen LogP contribution in [0.5, 0.6) is 0 Å². The third kappa shape index (κ3) is 3.27. The van der Waals surface area contributed by atoms with Gasteiger partial charge in [0.2, 0.25) is 0 Å². The van der Waals surface area contributed by atoms with Gasteiger partial charge in [-0.05, 0) is 55.0 Å². The Balaban J connectivity index is 1.51. The second kappa shape index (κ2) is 7.06. The topological polar surface area (TPSA) is 70.8 Å². The number of nitrogens with one attached hydrogen (secondary N) is 1. The molecule has 0 radical (unpaired) electrons. The van der Waals surface area contributed by atoms with Gasteiger partial charge in [-0.15, -0.1) is 0 Å². The van der Waals surface area contributed by atoms with E-state index < -0.39 is 0 Å². The number of aromatic nitrogens is 3. The van der Waals surface area contributed by atoms with Crippen molar-refractivity contribution in [2.24, 2.45) is 11.1 Å². The summed E-state index contributed by atoms with van der Waals surface area (Å²) < 4.78 is 0. The lowest BCUT2D eigenvalue weighted by atomic mass is 9.74. The predicted molar refractivity (Wildman–Crippen MR) is 107 cm³/mol. The third-order valence-electron chi connectivity index (χ3n) is 5.45. The summed E-state index contributed by atoms with van der Waals surface area (Å²) in [6.07, 6.45) is 6.47. The fraction of sp³-hybridized carbons (Fsp3) is 0.368. The summed E-state index contributed by atoms with van der Waals surface area (Å²) in [4.78, 5) is 14.3. The van der Waals surface area contributed by atoms with E-state index in [1.54, 1.807) is 6.33 Å². The summed E-state index contributed by atoms with van der Waals surface area (Å²) in [6, 6.07) is 7.90. The zero-order valence-electron chi connectivity index (χ0n) is 14.4. The second-order valence-corrected chi connectivity index (χ2v) is 7.87. The standard InChI is InChI=1S/C19H21Cl2N5/c20-15-2-1-13(9-16(15)21)10-19(11-22)4-7-26(8-5-19)18-14-3-6-23-17(14)24-12-25-18/h1-3,6,9,12H,4-5,7-8,10-11,22H2,(H,23,24,25). The highest BCUT2D eigenvalue weighted by Crippen LogP contribution is 2.37. The molecule has 1 saturated heterocycles. The van der Waals surface area contributed by atoms with Crippen LogP contribution in [0.1, 0.15) is 18.4 Å². The van der Waals surface area contributed by atoms with Crippen molar-refractivity contribution in [2.75, 3.05) is 24.5 Å². The van der Waals surface area contributed by atoms with Crippen molar-refractivity contribution in [3.8, 4) is 0 Å². The van der Waals surface area contributed by atoms with Crippen molar-refractivity contribution in [1.29, 1.82) is 0 Å². The van der Waals surface area contributed by atoms with Crippen molar-refractivity contribution in [1.82, 2.24) is 15.0 Å². The Hall–Kier alpha value is -1.82. The van der Waals surface area contributed by atoms with E-state index in [1.807, 2.05) is 30.5 Å². The predicted octanol–water partition coefficient (Wildman–Crippen LogP) is 4.05. The van der Waals surface area contributed by atoms with E-state index in [0.717, 1.165) is 49.2 Å². The number of benzene rings is 1. The van der Waals surface area contributed by atoms with Gasteiger partial charge in [-0.1, -0.05) is 29.3 Å². The van der Waals surface area contributed by atoms with E-state index in [1.165, 1.54) is 5.56 Å². The van der Waals surface area contributed by atoms with Gasteiger partial charge >= 0.3 is 0 Å². The minimum Gasteiger partial charge on any atom is -0.356 e. The number of rotatable bonds is 4. The molecule has 0 atom stereocenters. The number of fused-ring (bicyclic) bond motifs is 1. The smallest absolute Gasteiger partial charge is 0.142 e. The summed E-state index contributed by atoms with van der Waals surface area (Å²) >= 11 is 12.2. The van der Waals surface area contributed by atoms with Crippen molar-refractivity contribution in [3.05, 3.63) is 52.4 Å². The van der Waals surface area contributed by atoms with Crippen LogP contribution in [-0.4, -0.2) is 34.6 Å².